The SMILES string of the molecule is C=Cc1ccc([Si](C)(C)COCC)cc1. The Kier molecular flexibility index (Phi) is 4.30. The lowest BCUT2D eigenvalue weighted by Crippen LogP contribution is -2.46. The molecule has 1 nitrogen and oxygen atoms in total. The summed E-state index contributed by atoms with van der Waals surface area (Å²) in [5.74, 6) is 0. The Morgan fingerprint density at radius 1 is 1.27 bits per heavy atom. The van der Waals surface area contributed by atoms with E-state index in [1.165, 1.54) is 10.8 Å². The van der Waals surface area contributed by atoms with E-state index in [1.54, 1.807) is 0 Å². The van der Waals surface area contributed by atoms with Gasteiger partial charge in [0.25, 0.3) is 0 Å². The molecule has 82 valence electrons. The van der Waals surface area contributed by atoms with Crippen LogP contribution in [-0.4, -0.2) is 20.9 Å². The van der Waals surface area contributed by atoms with Crippen LogP contribution in [0.3, 0.4) is 0 Å². The third kappa shape index (κ3) is 3.32. The van der Waals surface area contributed by atoms with Crippen molar-refractivity contribution in [1.82, 2.24) is 0 Å². The minimum absolute atomic E-state index is 0.807. The number of benzene rings is 1. The number of rotatable bonds is 5. The standard InChI is InChI=1S/C13H20OSi/c1-5-12-7-9-13(10-8-12)15(3,4)11-14-6-2/h5,7-10H,1,6,11H2,2-4H3. The summed E-state index contributed by atoms with van der Waals surface area (Å²) < 4.78 is 5.55. The topological polar surface area (TPSA) is 9.23 Å². The van der Waals surface area contributed by atoms with E-state index in [9.17, 15) is 0 Å². The zero-order chi connectivity index (χ0) is 11.3. The molecule has 0 amide bonds. The number of hydrogen-bond donors (Lipinski definition) is 0. The lowest BCUT2D eigenvalue weighted by molar-refractivity contribution is 0.189. The normalized spacial score (nSPS) is 11.4. The molecule has 0 spiro atoms. The average molecular weight is 220 g/mol. The molecule has 1 aromatic rings. The van der Waals surface area contributed by atoms with Gasteiger partial charge >= 0.3 is 0 Å². The van der Waals surface area contributed by atoms with Gasteiger partial charge in [0, 0.05) is 12.8 Å². The van der Waals surface area contributed by atoms with Gasteiger partial charge in [-0.3, -0.25) is 0 Å². The van der Waals surface area contributed by atoms with Crippen LogP contribution in [0.15, 0.2) is 30.8 Å². The van der Waals surface area contributed by atoms with Crippen LogP contribution < -0.4 is 5.19 Å². The fourth-order valence-electron chi connectivity index (χ4n) is 1.51. The van der Waals surface area contributed by atoms with Crippen LogP contribution in [0.4, 0.5) is 0 Å². The van der Waals surface area contributed by atoms with E-state index in [1.807, 2.05) is 13.0 Å². The molecule has 0 atom stereocenters. The van der Waals surface area contributed by atoms with Gasteiger partial charge in [0.15, 0.2) is 0 Å². The van der Waals surface area contributed by atoms with Gasteiger partial charge in [-0.1, -0.05) is 55.2 Å². The van der Waals surface area contributed by atoms with Crippen molar-refractivity contribution in [2.45, 2.75) is 20.0 Å². The number of hydrogen-bond acceptors (Lipinski definition) is 1. The minimum atomic E-state index is -1.39. The Hall–Kier alpha value is -0.863. The molecule has 1 aromatic carbocycles. The van der Waals surface area contributed by atoms with E-state index in [-0.39, 0.29) is 0 Å². The summed E-state index contributed by atoms with van der Waals surface area (Å²) in [5, 5.41) is 1.45. The van der Waals surface area contributed by atoms with Crippen molar-refractivity contribution in [3.8, 4) is 0 Å². The van der Waals surface area contributed by atoms with Crippen molar-refractivity contribution in [3.05, 3.63) is 36.4 Å². The van der Waals surface area contributed by atoms with Crippen molar-refractivity contribution >= 4 is 19.3 Å². The van der Waals surface area contributed by atoms with E-state index in [0.717, 1.165) is 12.8 Å². The molecule has 0 fully saturated rings. The van der Waals surface area contributed by atoms with Gasteiger partial charge < -0.3 is 4.74 Å². The summed E-state index contributed by atoms with van der Waals surface area (Å²) in [6.07, 6.45) is 2.78. The van der Waals surface area contributed by atoms with E-state index in [4.69, 9.17) is 4.74 Å². The first-order chi connectivity index (χ1) is 7.10. The predicted octanol–water partition coefficient (Wildman–Crippen LogP) is 2.82. The summed E-state index contributed by atoms with van der Waals surface area (Å²) in [4.78, 5) is 0. The van der Waals surface area contributed by atoms with Crippen LogP contribution in [0.25, 0.3) is 6.08 Å². The van der Waals surface area contributed by atoms with Gasteiger partial charge in [0.1, 0.15) is 8.07 Å². The first-order valence-electron chi connectivity index (χ1n) is 5.41. The smallest absolute Gasteiger partial charge is 0.109 e. The van der Waals surface area contributed by atoms with Crippen molar-refractivity contribution in [3.63, 3.8) is 0 Å². The van der Waals surface area contributed by atoms with Crippen LogP contribution >= 0.6 is 0 Å². The lowest BCUT2D eigenvalue weighted by atomic mass is 10.2. The predicted molar refractivity (Wildman–Crippen MR) is 70.1 cm³/mol. The molecule has 2 heteroatoms. The van der Waals surface area contributed by atoms with Crippen molar-refractivity contribution in [1.29, 1.82) is 0 Å². The molecular formula is C13H20OSi. The highest BCUT2D eigenvalue weighted by Crippen LogP contribution is 2.06. The van der Waals surface area contributed by atoms with Crippen molar-refractivity contribution < 1.29 is 4.74 Å². The summed E-state index contributed by atoms with van der Waals surface area (Å²) >= 11 is 0. The monoisotopic (exact) mass is 220 g/mol. The minimum Gasteiger partial charge on any atom is -0.385 e. The first kappa shape index (κ1) is 12.2. The Bertz CT molecular complexity index is 314. The Balaban J connectivity index is 2.80. The van der Waals surface area contributed by atoms with Gasteiger partial charge in [-0.25, -0.2) is 0 Å². The number of ether oxygens (including phenoxy) is 1. The van der Waals surface area contributed by atoms with E-state index in [0.29, 0.717) is 0 Å². The molecule has 0 aliphatic heterocycles. The molecule has 0 aromatic heterocycles. The third-order valence-electron chi connectivity index (χ3n) is 2.59. The fraction of sp³-hybridized carbons (Fsp3) is 0.385. The maximum atomic E-state index is 5.55. The zero-order valence-corrected chi connectivity index (χ0v) is 10.9. The molecule has 0 saturated heterocycles. The Morgan fingerprint density at radius 3 is 2.33 bits per heavy atom. The molecular weight excluding hydrogens is 200 g/mol. The quantitative estimate of drug-likeness (QED) is 0.693. The molecule has 0 aliphatic carbocycles. The summed E-state index contributed by atoms with van der Waals surface area (Å²) in [6, 6.07) is 8.68. The molecule has 0 N–H and O–H groups in total. The maximum absolute atomic E-state index is 5.55. The highest BCUT2D eigenvalue weighted by molar-refractivity contribution is 6.89. The molecule has 0 unspecified atom stereocenters. The average Bonchev–Trinajstić information content (AvgIpc) is 2.26. The zero-order valence-electron chi connectivity index (χ0n) is 9.92. The van der Waals surface area contributed by atoms with Crippen LogP contribution in [0.1, 0.15) is 12.5 Å². The highest BCUT2D eigenvalue weighted by atomic mass is 28.3. The van der Waals surface area contributed by atoms with Crippen molar-refractivity contribution in [2.24, 2.45) is 0 Å². The summed E-state index contributed by atoms with van der Waals surface area (Å²) in [6.45, 7) is 11.3. The molecule has 0 bridgehead atoms. The fourth-order valence-corrected chi connectivity index (χ4v) is 3.46. The van der Waals surface area contributed by atoms with E-state index in [2.05, 4.69) is 43.9 Å². The molecule has 0 radical (unpaired) electrons. The Morgan fingerprint density at radius 2 is 1.87 bits per heavy atom. The van der Waals surface area contributed by atoms with Crippen LogP contribution in [-0.2, 0) is 4.74 Å². The van der Waals surface area contributed by atoms with Gasteiger partial charge in [-0.15, -0.1) is 0 Å². The maximum Gasteiger partial charge on any atom is 0.109 e. The first-order valence-corrected chi connectivity index (χ1v) is 8.61. The second-order valence-electron chi connectivity index (χ2n) is 4.35. The largest absolute Gasteiger partial charge is 0.385 e. The molecule has 0 saturated carbocycles. The molecule has 15 heavy (non-hydrogen) atoms. The second-order valence-corrected chi connectivity index (χ2v) is 8.98. The van der Waals surface area contributed by atoms with Crippen molar-refractivity contribution in [2.75, 3.05) is 12.8 Å². The second kappa shape index (κ2) is 5.28. The van der Waals surface area contributed by atoms with Crippen LogP contribution in [0.5, 0.6) is 0 Å². The van der Waals surface area contributed by atoms with Gasteiger partial charge in [-0.2, -0.15) is 0 Å². The van der Waals surface area contributed by atoms with Gasteiger partial charge in [0.2, 0.25) is 0 Å². The Labute approximate surface area is 93.8 Å². The summed E-state index contributed by atoms with van der Waals surface area (Å²) in [5.41, 5.74) is 1.18. The summed E-state index contributed by atoms with van der Waals surface area (Å²) in [7, 11) is -1.39. The van der Waals surface area contributed by atoms with Gasteiger partial charge in [-0.05, 0) is 12.5 Å². The van der Waals surface area contributed by atoms with Gasteiger partial charge in [0.05, 0.1) is 0 Å². The highest BCUT2D eigenvalue weighted by Gasteiger charge is 2.23. The van der Waals surface area contributed by atoms with E-state index < -0.39 is 8.07 Å². The van der Waals surface area contributed by atoms with Crippen LogP contribution in [0, 0.1) is 0 Å². The lowest BCUT2D eigenvalue weighted by Gasteiger charge is -2.22. The van der Waals surface area contributed by atoms with E-state index >= 15 is 0 Å². The molecule has 0 aliphatic rings. The molecule has 0 heterocycles. The van der Waals surface area contributed by atoms with Crippen LogP contribution in [0.2, 0.25) is 13.1 Å². The third-order valence-corrected chi connectivity index (χ3v) is 5.42. The molecule has 1 rings (SSSR count).